The Kier molecular flexibility index (Phi) is 10.4. The lowest BCUT2D eigenvalue weighted by molar-refractivity contribution is 0.0264. The van der Waals surface area contributed by atoms with Crippen LogP contribution < -0.4 is 10.0 Å². The number of nitrogens with zero attached hydrogens (tertiary/aromatic N) is 2. The molecule has 2 rings (SSSR count). The number of benzene rings is 1. The zero-order valence-corrected chi connectivity index (χ0v) is 18.5. The minimum absolute atomic E-state index is 0. The van der Waals surface area contributed by atoms with Gasteiger partial charge in [0.05, 0.1) is 11.0 Å². The smallest absolute Gasteiger partial charge is 0.240 e. The second kappa shape index (κ2) is 11.7. The number of piperidine rings is 1. The maximum Gasteiger partial charge on any atom is 0.240 e. The van der Waals surface area contributed by atoms with E-state index in [0.717, 1.165) is 38.5 Å². The quantitative estimate of drug-likeness (QED) is 0.260. The van der Waals surface area contributed by atoms with Gasteiger partial charge < -0.3 is 15.0 Å². The third-order valence-electron chi connectivity index (χ3n) is 4.11. The highest BCUT2D eigenvalue weighted by Gasteiger charge is 2.21. The molecular weight excluding hydrogens is 467 g/mol. The number of nitrogens with one attached hydrogen (secondary N) is 2. The summed E-state index contributed by atoms with van der Waals surface area (Å²) in [6.45, 7) is 5.32. The average Bonchev–Trinajstić information content (AvgIpc) is 2.64. The highest BCUT2D eigenvalue weighted by molar-refractivity contribution is 14.0. The fourth-order valence-electron chi connectivity index (χ4n) is 2.84. The maximum atomic E-state index is 12.2. The monoisotopic (exact) mass is 496 g/mol. The van der Waals surface area contributed by atoms with Crippen LogP contribution in [-0.4, -0.2) is 65.2 Å². The van der Waals surface area contributed by atoms with E-state index >= 15 is 0 Å². The number of sulfonamides is 1. The molecule has 9 heteroatoms. The Morgan fingerprint density at radius 2 is 1.88 bits per heavy atom. The number of ether oxygens (including phenoxy) is 1. The summed E-state index contributed by atoms with van der Waals surface area (Å²) in [4.78, 5) is 6.75. The van der Waals surface area contributed by atoms with Crippen molar-refractivity contribution < 1.29 is 13.2 Å². The third kappa shape index (κ3) is 7.01. The van der Waals surface area contributed by atoms with Crippen LogP contribution in [0.2, 0.25) is 0 Å². The summed E-state index contributed by atoms with van der Waals surface area (Å²) in [5, 5.41) is 3.22. The Bertz CT molecular complexity index is 647. The predicted octanol–water partition coefficient (Wildman–Crippen LogP) is 1.66. The topological polar surface area (TPSA) is 83.0 Å². The van der Waals surface area contributed by atoms with Crippen LogP contribution in [0.5, 0.6) is 0 Å². The van der Waals surface area contributed by atoms with Crippen LogP contribution in [0.15, 0.2) is 40.2 Å². The van der Waals surface area contributed by atoms with Crippen molar-refractivity contribution in [2.45, 2.75) is 30.8 Å². The molecule has 1 aromatic rings. The molecule has 1 aromatic carbocycles. The van der Waals surface area contributed by atoms with E-state index < -0.39 is 10.0 Å². The van der Waals surface area contributed by atoms with Crippen LogP contribution >= 0.6 is 24.0 Å². The molecule has 0 atom stereocenters. The van der Waals surface area contributed by atoms with Gasteiger partial charge in [-0.3, -0.25) is 4.99 Å². The van der Waals surface area contributed by atoms with Crippen LogP contribution in [-0.2, 0) is 14.8 Å². The average molecular weight is 496 g/mol. The predicted molar refractivity (Wildman–Crippen MR) is 115 cm³/mol. The zero-order chi connectivity index (χ0) is 18.1. The van der Waals surface area contributed by atoms with Crippen molar-refractivity contribution in [1.29, 1.82) is 0 Å². The fourth-order valence-corrected chi connectivity index (χ4v) is 3.90. The molecule has 1 saturated heterocycles. The van der Waals surface area contributed by atoms with Crippen molar-refractivity contribution in [2.75, 3.05) is 39.8 Å². The molecule has 1 aliphatic heterocycles. The molecule has 0 saturated carbocycles. The number of hydrogen-bond acceptors (Lipinski definition) is 4. The molecule has 148 valence electrons. The van der Waals surface area contributed by atoms with Crippen molar-refractivity contribution in [2.24, 2.45) is 4.99 Å². The highest BCUT2D eigenvalue weighted by atomic mass is 127. The van der Waals surface area contributed by atoms with Gasteiger partial charge in [0.2, 0.25) is 10.0 Å². The van der Waals surface area contributed by atoms with Gasteiger partial charge in [-0.2, -0.15) is 0 Å². The molecule has 7 nitrogen and oxygen atoms in total. The third-order valence-corrected chi connectivity index (χ3v) is 5.59. The number of likely N-dealkylation sites (tertiary alicyclic amines) is 1. The number of aliphatic imine (C=N–C) groups is 1. The Labute approximate surface area is 173 Å². The van der Waals surface area contributed by atoms with Crippen LogP contribution in [0.3, 0.4) is 0 Å². The van der Waals surface area contributed by atoms with E-state index in [1.807, 2.05) is 6.92 Å². The lowest BCUT2D eigenvalue weighted by Gasteiger charge is -2.34. The van der Waals surface area contributed by atoms with E-state index in [9.17, 15) is 8.42 Å². The van der Waals surface area contributed by atoms with Crippen LogP contribution in [0, 0.1) is 0 Å². The van der Waals surface area contributed by atoms with Crippen molar-refractivity contribution in [3.05, 3.63) is 30.3 Å². The molecule has 1 heterocycles. The molecule has 0 amide bonds. The molecule has 0 unspecified atom stereocenters. The normalized spacial score (nSPS) is 16.2. The minimum atomic E-state index is -3.46. The van der Waals surface area contributed by atoms with Gasteiger partial charge >= 0.3 is 0 Å². The van der Waals surface area contributed by atoms with E-state index in [-0.39, 0.29) is 28.9 Å². The largest absolute Gasteiger partial charge is 0.378 e. The summed E-state index contributed by atoms with van der Waals surface area (Å²) in [6.07, 6.45) is 2.29. The molecule has 0 aliphatic carbocycles. The summed E-state index contributed by atoms with van der Waals surface area (Å²) < 4.78 is 32.6. The molecule has 0 aromatic heterocycles. The summed E-state index contributed by atoms with van der Waals surface area (Å²) in [7, 11) is -1.72. The van der Waals surface area contributed by atoms with Gasteiger partial charge in [0, 0.05) is 39.8 Å². The second-order valence-electron chi connectivity index (χ2n) is 5.83. The summed E-state index contributed by atoms with van der Waals surface area (Å²) in [6, 6.07) is 8.37. The summed E-state index contributed by atoms with van der Waals surface area (Å²) in [5.41, 5.74) is 0. The van der Waals surface area contributed by atoms with Gasteiger partial charge in [0.15, 0.2) is 5.96 Å². The maximum absolute atomic E-state index is 12.2. The van der Waals surface area contributed by atoms with Gasteiger partial charge in [0.1, 0.15) is 0 Å². The second-order valence-corrected chi connectivity index (χ2v) is 7.59. The lowest BCUT2D eigenvalue weighted by Crippen LogP contribution is -2.48. The van der Waals surface area contributed by atoms with Gasteiger partial charge in [-0.15, -0.1) is 24.0 Å². The Morgan fingerprint density at radius 1 is 1.23 bits per heavy atom. The van der Waals surface area contributed by atoms with Crippen molar-refractivity contribution in [3.8, 4) is 0 Å². The SMILES string of the molecule is CCOC1CCN(C(=NC)NCCNS(=O)(=O)c2ccccc2)CC1.I. The number of halogens is 1. The van der Waals surface area contributed by atoms with Crippen molar-refractivity contribution in [1.82, 2.24) is 14.9 Å². The number of rotatable bonds is 7. The zero-order valence-electron chi connectivity index (χ0n) is 15.3. The summed E-state index contributed by atoms with van der Waals surface area (Å²) in [5.74, 6) is 0.800. The molecule has 1 aliphatic rings. The first-order chi connectivity index (χ1) is 12.1. The molecule has 1 fully saturated rings. The first kappa shape index (κ1) is 23.1. The van der Waals surface area contributed by atoms with Gasteiger partial charge in [-0.25, -0.2) is 13.1 Å². The number of guanidine groups is 1. The van der Waals surface area contributed by atoms with Crippen LogP contribution in [0.1, 0.15) is 19.8 Å². The molecule has 0 spiro atoms. The van der Waals surface area contributed by atoms with Gasteiger partial charge in [-0.05, 0) is 31.9 Å². The molecule has 2 N–H and O–H groups in total. The first-order valence-corrected chi connectivity index (χ1v) is 10.2. The van der Waals surface area contributed by atoms with Crippen molar-refractivity contribution in [3.63, 3.8) is 0 Å². The van der Waals surface area contributed by atoms with Gasteiger partial charge in [0.25, 0.3) is 0 Å². The minimum Gasteiger partial charge on any atom is -0.378 e. The number of hydrogen-bond donors (Lipinski definition) is 2. The molecule has 26 heavy (non-hydrogen) atoms. The van der Waals surface area contributed by atoms with E-state index in [0.29, 0.717) is 19.2 Å². The Balaban J connectivity index is 0.00000338. The standard InChI is InChI=1S/C17H28N4O3S.HI/c1-3-24-15-9-13-21(14-10-15)17(18-2)19-11-12-20-25(22,23)16-7-5-4-6-8-16;/h4-8,15,20H,3,9-14H2,1-2H3,(H,18,19);1H. The molecule has 0 bridgehead atoms. The van der Waals surface area contributed by atoms with Crippen LogP contribution in [0.4, 0.5) is 0 Å². The Hall–Kier alpha value is -0.910. The molecule has 0 radical (unpaired) electrons. The van der Waals surface area contributed by atoms with E-state index in [2.05, 4.69) is 19.9 Å². The van der Waals surface area contributed by atoms with Crippen LogP contribution in [0.25, 0.3) is 0 Å². The lowest BCUT2D eigenvalue weighted by atomic mass is 10.1. The summed E-state index contributed by atoms with van der Waals surface area (Å²) >= 11 is 0. The van der Waals surface area contributed by atoms with E-state index in [4.69, 9.17) is 4.74 Å². The van der Waals surface area contributed by atoms with E-state index in [1.54, 1.807) is 37.4 Å². The molecular formula is C17H29IN4O3S. The highest BCUT2D eigenvalue weighted by Crippen LogP contribution is 2.13. The first-order valence-electron chi connectivity index (χ1n) is 8.68. The van der Waals surface area contributed by atoms with Gasteiger partial charge in [-0.1, -0.05) is 18.2 Å². The van der Waals surface area contributed by atoms with E-state index in [1.165, 1.54) is 0 Å². The fraction of sp³-hybridized carbons (Fsp3) is 0.588. The Morgan fingerprint density at radius 3 is 2.46 bits per heavy atom. The van der Waals surface area contributed by atoms with Crippen molar-refractivity contribution >= 4 is 40.0 Å².